The van der Waals surface area contributed by atoms with E-state index in [0.29, 0.717) is 12.1 Å². The van der Waals surface area contributed by atoms with Gasteiger partial charge >= 0.3 is 0 Å². The van der Waals surface area contributed by atoms with Crippen molar-refractivity contribution in [3.8, 4) is 0 Å². The topological polar surface area (TPSA) is 47.0 Å². The van der Waals surface area contributed by atoms with Crippen molar-refractivity contribution < 1.29 is 13.5 Å². The number of nitrogens with one attached hydrogen (secondary N) is 1. The lowest BCUT2D eigenvalue weighted by molar-refractivity contribution is -0.104. The van der Waals surface area contributed by atoms with Crippen LogP contribution < -0.4 is 5.32 Å². The lowest BCUT2D eigenvalue weighted by atomic mass is 9.68. The summed E-state index contributed by atoms with van der Waals surface area (Å²) in [4.78, 5) is 8.15. The second-order valence-corrected chi connectivity index (χ2v) is 8.20. The number of nitrogens with zero attached hydrogens (tertiary/aromatic N) is 2. The van der Waals surface area contributed by atoms with Crippen LogP contribution in [0.5, 0.6) is 0 Å². The third-order valence-electron chi connectivity index (χ3n) is 6.33. The Hall–Kier alpha value is -1.92. The van der Waals surface area contributed by atoms with Crippen LogP contribution in [0.4, 0.5) is 8.78 Å². The fraction of sp³-hybridized carbons (Fsp3) is 0.545. The fourth-order valence-electron chi connectivity index (χ4n) is 4.91. The number of rotatable bonds is 6. The second-order valence-electron chi connectivity index (χ2n) is 8.20. The third-order valence-corrected chi connectivity index (χ3v) is 6.33. The van der Waals surface area contributed by atoms with Gasteiger partial charge in [-0.15, -0.1) is 0 Å². The highest BCUT2D eigenvalue weighted by Gasteiger charge is 2.48. The van der Waals surface area contributed by atoms with Gasteiger partial charge in [-0.2, -0.15) is 4.39 Å². The molecule has 0 bridgehead atoms. The molecule has 1 spiro atoms. The molecule has 1 N–H and O–H groups in total. The molecule has 2 aromatic rings. The first kappa shape index (κ1) is 19.4. The van der Waals surface area contributed by atoms with E-state index >= 15 is 0 Å². The molecule has 150 valence electrons. The van der Waals surface area contributed by atoms with E-state index in [9.17, 15) is 8.78 Å². The Balaban J connectivity index is 1.45. The molecule has 2 fully saturated rings. The highest BCUT2D eigenvalue weighted by atomic mass is 19.2. The summed E-state index contributed by atoms with van der Waals surface area (Å²) in [5.74, 6) is -1.96. The van der Waals surface area contributed by atoms with Crippen LogP contribution in [0, 0.1) is 11.8 Å². The predicted octanol–water partition coefficient (Wildman–Crippen LogP) is 4.30. The minimum absolute atomic E-state index is 0.000221. The monoisotopic (exact) mass is 387 g/mol. The summed E-state index contributed by atoms with van der Waals surface area (Å²) < 4.78 is 32.6. The highest BCUT2D eigenvalue weighted by molar-refractivity contribution is 5.21. The van der Waals surface area contributed by atoms with Gasteiger partial charge in [-0.1, -0.05) is 18.9 Å². The van der Waals surface area contributed by atoms with E-state index in [1.807, 2.05) is 12.3 Å². The van der Waals surface area contributed by atoms with Gasteiger partial charge in [0.25, 0.3) is 0 Å². The second kappa shape index (κ2) is 8.21. The molecule has 2 aromatic heterocycles. The first-order valence-electron chi connectivity index (χ1n) is 10.2. The van der Waals surface area contributed by atoms with Gasteiger partial charge in [0.05, 0.1) is 5.60 Å². The molecule has 28 heavy (non-hydrogen) atoms. The van der Waals surface area contributed by atoms with Crippen LogP contribution in [0.2, 0.25) is 0 Å². The minimum Gasteiger partial charge on any atom is -0.375 e. The van der Waals surface area contributed by atoms with Crippen molar-refractivity contribution in [2.75, 3.05) is 13.2 Å². The molecule has 0 amide bonds. The van der Waals surface area contributed by atoms with Gasteiger partial charge in [0.2, 0.25) is 5.95 Å². The SMILES string of the molecule is Fc1cc(CNCC[C@@]2(c3ccccn3)CCOC3(CCCC3)C2)cnc1F. The summed E-state index contributed by atoms with van der Waals surface area (Å²) in [6.45, 7) is 2.00. The molecule has 0 radical (unpaired) electrons. The number of hydrogen-bond acceptors (Lipinski definition) is 4. The fourth-order valence-corrected chi connectivity index (χ4v) is 4.91. The maximum atomic E-state index is 13.3. The van der Waals surface area contributed by atoms with Gasteiger partial charge in [-0.05, 0) is 62.4 Å². The van der Waals surface area contributed by atoms with Crippen LogP contribution >= 0.6 is 0 Å². The lowest BCUT2D eigenvalue weighted by Crippen LogP contribution is -2.47. The Bertz CT molecular complexity index is 796. The van der Waals surface area contributed by atoms with Crippen molar-refractivity contribution in [1.29, 1.82) is 0 Å². The van der Waals surface area contributed by atoms with Crippen molar-refractivity contribution >= 4 is 0 Å². The van der Waals surface area contributed by atoms with E-state index < -0.39 is 11.8 Å². The number of halogens is 2. The molecule has 1 saturated heterocycles. The molecule has 1 aliphatic heterocycles. The van der Waals surface area contributed by atoms with Crippen LogP contribution in [-0.2, 0) is 16.7 Å². The van der Waals surface area contributed by atoms with Crippen molar-refractivity contribution in [3.05, 3.63) is 59.7 Å². The summed E-state index contributed by atoms with van der Waals surface area (Å²) >= 11 is 0. The largest absolute Gasteiger partial charge is 0.375 e. The molecule has 6 heteroatoms. The predicted molar refractivity (Wildman–Crippen MR) is 103 cm³/mol. The van der Waals surface area contributed by atoms with Gasteiger partial charge in [-0.25, -0.2) is 9.37 Å². The van der Waals surface area contributed by atoms with E-state index in [0.717, 1.165) is 50.9 Å². The van der Waals surface area contributed by atoms with Gasteiger partial charge < -0.3 is 10.1 Å². The number of ether oxygens (including phenoxy) is 1. The first-order chi connectivity index (χ1) is 13.6. The van der Waals surface area contributed by atoms with E-state index in [1.165, 1.54) is 25.1 Å². The Labute approximate surface area is 164 Å². The molecule has 2 aliphatic rings. The van der Waals surface area contributed by atoms with E-state index in [1.54, 1.807) is 0 Å². The van der Waals surface area contributed by atoms with Gasteiger partial charge in [0.15, 0.2) is 5.82 Å². The summed E-state index contributed by atoms with van der Waals surface area (Å²) in [5, 5.41) is 3.37. The minimum atomic E-state index is -1.05. The standard InChI is InChI=1S/C22H27F2N3O/c23-18-13-17(15-27-20(18)24)14-25-11-8-21(19-5-1-4-10-26-19)9-12-28-22(16-21)6-2-3-7-22/h1,4-5,10,13,15,25H,2-3,6-9,11-12,14,16H2/t21-/m1/s1. The third kappa shape index (κ3) is 4.08. The normalized spacial score (nSPS) is 23.9. The number of pyridine rings is 2. The average Bonchev–Trinajstić information content (AvgIpc) is 3.16. The van der Waals surface area contributed by atoms with Crippen LogP contribution in [0.25, 0.3) is 0 Å². The Morgan fingerprint density at radius 3 is 2.71 bits per heavy atom. The molecule has 1 aliphatic carbocycles. The molecule has 1 atom stereocenters. The highest BCUT2D eigenvalue weighted by Crippen LogP contribution is 2.49. The van der Waals surface area contributed by atoms with E-state index in [2.05, 4.69) is 22.4 Å². The van der Waals surface area contributed by atoms with Crippen molar-refractivity contribution in [1.82, 2.24) is 15.3 Å². The smallest absolute Gasteiger partial charge is 0.248 e. The molecule has 4 rings (SSSR count). The number of aromatic nitrogens is 2. The van der Waals surface area contributed by atoms with Gasteiger partial charge in [0, 0.05) is 36.7 Å². The molecule has 1 saturated carbocycles. The van der Waals surface area contributed by atoms with Crippen LogP contribution in [0.1, 0.15) is 56.2 Å². The Morgan fingerprint density at radius 1 is 1.11 bits per heavy atom. The van der Waals surface area contributed by atoms with Gasteiger partial charge in [-0.3, -0.25) is 4.98 Å². The van der Waals surface area contributed by atoms with Crippen LogP contribution in [0.3, 0.4) is 0 Å². The van der Waals surface area contributed by atoms with Crippen molar-refractivity contribution in [2.24, 2.45) is 0 Å². The summed E-state index contributed by atoms with van der Waals surface area (Å²) in [7, 11) is 0. The molecule has 0 aromatic carbocycles. The summed E-state index contributed by atoms with van der Waals surface area (Å²) in [6.07, 6.45) is 10.9. The molecule has 3 heterocycles. The molecule has 4 nitrogen and oxygen atoms in total. The average molecular weight is 387 g/mol. The van der Waals surface area contributed by atoms with Crippen LogP contribution in [-0.4, -0.2) is 28.7 Å². The zero-order chi connectivity index (χ0) is 19.5. The van der Waals surface area contributed by atoms with Gasteiger partial charge in [0.1, 0.15) is 0 Å². The van der Waals surface area contributed by atoms with E-state index in [4.69, 9.17) is 9.72 Å². The summed E-state index contributed by atoms with van der Waals surface area (Å²) in [5.41, 5.74) is 1.77. The van der Waals surface area contributed by atoms with Crippen molar-refractivity contribution in [3.63, 3.8) is 0 Å². The number of hydrogen-bond donors (Lipinski definition) is 1. The Morgan fingerprint density at radius 2 is 1.96 bits per heavy atom. The lowest BCUT2D eigenvalue weighted by Gasteiger charge is -2.46. The Kier molecular flexibility index (Phi) is 5.69. The molecular formula is C22H27F2N3O. The molecular weight excluding hydrogens is 360 g/mol. The van der Waals surface area contributed by atoms with E-state index in [-0.39, 0.29) is 11.0 Å². The summed E-state index contributed by atoms with van der Waals surface area (Å²) in [6, 6.07) is 7.34. The van der Waals surface area contributed by atoms with Crippen LogP contribution in [0.15, 0.2) is 36.7 Å². The first-order valence-corrected chi connectivity index (χ1v) is 10.2. The zero-order valence-electron chi connectivity index (χ0n) is 16.1. The van der Waals surface area contributed by atoms with Crippen molar-refractivity contribution in [2.45, 2.75) is 62.5 Å². The molecule has 0 unspecified atom stereocenters. The zero-order valence-corrected chi connectivity index (χ0v) is 16.1. The maximum absolute atomic E-state index is 13.3. The quantitative estimate of drug-likeness (QED) is 0.593. The maximum Gasteiger partial charge on any atom is 0.248 e.